The maximum absolute atomic E-state index is 11.1. The van der Waals surface area contributed by atoms with E-state index in [9.17, 15) is 15.2 Å². The van der Waals surface area contributed by atoms with Crippen molar-refractivity contribution in [1.29, 1.82) is 0 Å². The normalized spacial score (nSPS) is 10.4. The number of benzene rings is 2. The maximum Gasteiger partial charge on any atom is 0.279 e. The summed E-state index contributed by atoms with van der Waals surface area (Å²) in [5, 5.41) is 21.0. The first-order chi connectivity index (χ1) is 8.91. The van der Waals surface area contributed by atoms with Gasteiger partial charge in [-0.2, -0.15) is 0 Å². The molecule has 98 valence electrons. The molecule has 0 aromatic heterocycles. The topological polar surface area (TPSA) is 115 Å². The van der Waals surface area contributed by atoms with Crippen LogP contribution in [0.5, 0.6) is 5.75 Å². The lowest BCUT2D eigenvalue weighted by Crippen LogP contribution is -2.01. The zero-order valence-corrected chi connectivity index (χ0v) is 10.3. The van der Waals surface area contributed by atoms with Gasteiger partial charge in [0.25, 0.3) is 5.69 Å². The second-order valence-electron chi connectivity index (χ2n) is 4.24. The largest absolute Gasteiger partial charge is 0.507 e. The third-order valence-corrected chi connectivity index (χ3v) is 2.88. The second-order valence-corrected chi connectivity index (χ2v) is 4.24. The fraction of sp³-hybridized carbons (Fsp3) is 0.0769. The number of phenolic OH excluding ortho intramolecular Hbond substituents is 1. The summed E-state index contributed by atoms with van der Waals surface area (Å²) in [5.41, 5.74) is 12.9. The summed E-state index contributed by atoms with van der Waals surface area (Å²) in [5.74, 6) is -0.0691. The molecule has 0 aliphatic heterocycles. The average molecular weight is 259 g/mol. The Morgan fingerprint density at radius 3 is 2.47 bits per heavy atom. The number of phenols is 1. The standard InChI is InChI=1S/C13H13N3O3/c1-7-2-3-8(11(17)6-7)12-10(16(18)19)5-4-9(14)13(12)15/h2-6,17H,14-15H2,1H3. The van der Waals surface area contributed by atoms with E-state index in [-0.39, 0.29) is 28.4 Å². The summed E-state index contributed by atoms with van der Waals surface area (Å²) in [6, 6.07) is 7.49. The van der Waals surface area contributed by atoms with Crippen molar-refractivity contribution in [1.82, 2.24) is 0 Å². The van der Waals surface area contributed by atoms with Crippen LogP contribution < -0.4 is 11.5 Å². The molecule has 0 unspecified atom stereocenters. The van der Waals surface area contributed by atoms with E-state index in [2.05, 4.69) is 0 Å². The maximum atomic E-state index is 11.1. The molecule has 2 aromatic rings. The highest BCUT2D eigenvalue weighted by atomic mass is 16.6. The highest BCUT2D eigenvalue weighted by Crippen LogP contribution is 2.42. The van der Waals surface area contributed by atoms with Gasteiger partial charge in [-0.3, -0.25) is 10.1 Å². The fourth-order valence-corrected chi connectivity index (χ4v) is 1.91. The SMILES string of the molecule is Cc1ccc(-c2c([N+](=O)[O-])ccc(N)c2N)c(O)c1. The number of nitro benzene ring substituents is 1. The molecular formula is C13H13N3O3. The van der Waals surface area contributed by atoms with Gasteiger partial charge in [-0.05, 0) is 24.6 Å². The third kappa shape index (κ3) is 2.15. The van der Waals surface area contributed by atoms with Crippen molar-refractivity contribution in [2.45, 2.75) is 6.92 Å². The summed E-state index contributed by atoms with van der Waals surface area (Å²) in [4.78, 5) is 10.5. The first kappa shape index (κ1) is 12.7. The summed E-state index contributed by atoms with van der Waals surface area (Å²) < 4.78 is 0. The Morgan fingerprint density at radius 1 is 1.21 bits per heavy atom. The van der Waals surface area contributed by atoms with Crippen molar-refractivity contribution < 1.29 is 10.0 Å². The van der Waals surface area contributed by atoms with Gasteiger partial charge >= 0.3 is 0 Å². The lowest BCUT2D eigenvalue weighted by molar-refractivity contribution is -0.384. The molecule has 0 saturated carbocycles. The zero-order chi connectivity index (χ0) is 14.2. The third-order valence-electron chi connectivity index (χ3n) is 2.88. The quantitative estimate of drug-likeness (QED) is 0.435. The van der Waals surface area contributed by atoms with Crippen LogP contribution in [0.3, 0.4) is 0 Å². The molecule has 0 bridgehead atoms. The van der Waals surface area contributed by atoms with Crippen LogP contribution in [-0.2, 0) is 0 Å². The van der Waals surface area contributed by atoms with E-state index in [0.29, 0.717) is 5.56 Å². The zero-order valence-electron chi connectivity index (χ0n) is 10.3. The van der Waals surface area contributed by atoms with Crippen LogP contribution in [0.4, 0.5) is 17.1 Å². The Kier molecular flexibility index (Phi) is 3.00. The molecule has 0 aliphatic rings. The Balaban J connectivity index is 2.80. The highest BCUT2D eigenvalue weighted by molar-refractivity contribution is 5.92. The van der Waals surface area contributed by atoms with Crippen molar-refractivity contribution in [2.24, 2.45) is 0 Å². The smallest absolute Gasteiger partial charge is 0.279 e. The summed E-state index contributed by atoms with van der Waals surface area (Å²) >= 11 is 0. The molecule has 0 saturated heterocycles. The Morgan fingerprint density at radius 2 is 1.89 bits per heavy atom. The Bertz CT molecular complexity index is 668. The van der Waals surface area contributed by atoms with Crippen molar-refractivity contribution in [3.05, 3.63) is 46.0 Å². The van der Waals surface area contributed by atoms with Crippen LogP contribution in [0.2, 0.25) is 0 Å². The lowest BCUT2D eigenvalue weighted by Gasteiger charge is -2.11. The predicted molar refractivity (Wildman–Crippen MR) is 73.8 cm³/mol. The molecule has 0 spiro atoms. The van der Waals surface area contributed by atoms with Crippen molar-refractivity contribution in [3.8, 4) is 16.9 Å². The number of nitro groups is 1. The number of anilines is 2. The summed E-state index contributed by atoms with van der Waals surface area (Å²) in [6.07, 6.45) is 0. The van der Waals surface area contributed by atoms with E-state index in [0.717, 1.165) is 5.56 Å². The molecule has 19 heavy (non-hydrogen) atoms. The molecule has 0 amide bonds. The van der Waals surface area contributed by atoms with Crippen molar-refractivity contribution in [2.75, 3.05) is 11.5 Å². The Labute approximate surface area is 109 Å². The number of hydrogen-bond acceptors (Lipinski definition) is 5. The van der Waals surface area contributed by atoms with E-state index < -0.39 is 4.92 Å². The number of aryl methyl sites for hydroxylation is 1. The molecule has 2 aromatic carbocycles. The minimum Gasteiger partial charge on any atom is -0.507 e. The van der Waals surface area contributed by atoms with Gasteiger partial charge in [-0.1, -0.05) is 12.1 Å². The Hall–Kier alpha value is -2.76. The van der Waals surface area contributed by atoms with E-state index in [1.165, 1.54) is 18.2 Å². The van der Waals surface area contributed by atoms with Gasteiger partial charge < -0.3 is 16.6 Å². The van der Waals surface area contributed by atoms with Crippen molar-refractivity contribution in [3.63, 3.8) is 0 Å². The molecule has 0 heterocycles. The van der Waals surface area contributed by atoms with Crippen LogP contribution in [0.1, 0.15) is 5.56 Å². The van der Waals surface area contributed by atoms with E-state index in [1.54, 1.807) is 19.1 Å². The predicted octanol–water partition coefficient (Wildman–Crippen LogP) is 2.44. The van der Waals surface area contributed by atoms with E-state index in [4.69, 9.17) is 11.5 Å². The second kappa shape index (κ2) is 4.49. The number of nitrogens with two attached hydrogens (primary N) is 2. The van der Waals surface area contributed by atoms with E-state index in [1.807, 2.05) is 0 Å². The number of rotatable bonds is 2. The first-order valence-electron chi connectivity index (χ1n) is 5.54. The highest BCUT2D eigenvalue weighted by Gasteiger charge is 2.22. The van der Waals surface area contributed by atoms with E-state index >= 15 is 0 Å². The average Bonchev–Trinajstić information content (AvgIpc) is 2.33. The van der Waals surface area contributed by atoms with Crippen molar-refractivity contribution >= 4 is 17.1 Å². The molecule has 0 radical (unpaired) electrons. The van der Waals surface area contributed by atoms with Crippen LogP contribution in [0, 0.1) is 17.0 Å². The number of nitrogens with zero attached hydrogens (tertiary/aromatic N) is 1. The van der Waals surface area contributed by atoms with Crippen LogP contribution in [-0.4, -0.2) is 10.0 Å². The van der Waals surface area contributed by atoms with Gasteiger partial charge in [-0.15, -0.1) is 0 Å². The number of hydrogen-bond donors (Lipinski definition) is 3. The van der Waals surface area contributed by atoms with Gasteiger partial charge in [0.1, 0.15) is 5.75 Å². The van der Waals surface area contributed by atoms with Gasteiger partial charge in [0.15, 0.2) is 0 Å². The molecule has 0 atom stereocenters. The summed E-state index contributed by atoms with van der Waals surface area (Å²) in [6.45, 7) is 1.81. The van der Waals surface area contributed by atoms with Gasteiger partial charge in [0, 0.05) is 11.6 Å². The minimum absolute atomic E-state index is 0.0691. The molecule has 6 nitrogen and oxygen atoms in total. The molecule has 6 heteroatoms. The minimum atomic E-state index is -0.551. The number of aromatic hydroxyl groups is 1. The monoisotopic (exact) mass is 259 g/mol. The van der Waals surface area contributed by atoms with Crippen LogP contribution >= 0.6 is 0 Å². The summed E-state index contributed by atoms with van der Waals surface area (Å²) in [7, 11) is 0. The van der Waals surface area contributed by atoms with Gasteiger partial charge in [0.05, 0.1) is 21.9 Å². The fourth-order valence-electron chi connectivity index (χ4n) is 1.91. The van der Waals surface area contributed by atoms with Crippen LogP contribution in [0.25, 0.3) is 11.1 Å². The van der Waals surface area contributed by atoms with Crippen LogP contribution in [0.15, 0.2) is 30.3 Å². The molecule has 5 N–H and O–H groups in total. The first-order valence-corrected chi connectivity index (χ1v) is 5.54. The number of nitrogen functional groups attached to an aromatic ring is 2. The lowest BCUT2D eigenvalue weighted by atomic mass is 9.98. The van der Waals surface area contributed by atoms with Gasteiger partial charge in [0.2, 0.25) is 0 Å². The van der Waals surface area contributed by atoms with Gasteiger partial charge in [-0.25, -0.2) is 0 Å². The molecular weight excluding hydrogens is 246 g/mol. The molecule has 2 rings (SSSR count). The molecule has 0 aliphatic carbocycles. The molecule has 0 fully saturated rings.